The number of carbonyl (C=O) groups is 1. The van der Waals surface area contributed by atoms with Crippen LogP contribution in [-0.2, 0) is 15.6 Å². The average Bonchev–Trinajstić information content (AvgIpc) is 3.62. The van der Waals surface area contributed by atoms with E-state index in [2.05, 4.69) is 22.2 Å². The summed E-state index contributed by atoms with van der Waals surface area (Å²) in [4.78, 5) is 20.5. The van der Waals surface area contributed by atoms with E-state index >= 15 is 0 Å². The molecule has 9 heteroatoms. The average molecular weight is 523 g/mol. The first-order valence-electron chi connectivity index (χ1n) is 12.6. The predicted octanol–water partition coefficient (Wildman–Crippen LogP) is 3.75. The van der Waals surface area contributed by atoms with E-state index in [-0.39, 0.29) is 5.91 Å². The summed E-state index contributed by atoms with van der Waals surface area (Å²) in [6, 6.07) is 13.6. The number of ether oxygens (including phenoxy) is 1. The van der Waals surface area contributed by atoms with Crippen molar-refractivity contribution >= 4 is 32.5 Å². The Morgan fingerprint density at radius 3 is 2.57 bits per heavy atom. The van der Waals surface area contributed by atoms with Crippen molar-refractivity contribution in [2.45, 2.75) is 44.7 Å². The molecule has 1 aromatic heterocycles. The standard InChI is InChI=1S/C28H34N4O4S/c1-18-6-8-22(36-17-20-10-13-31(20)3)16-24(18)27(33)30-28(11-12-28)25-14-21(32(4)37(5,34)35)15-26-23(25)9-7-19(2)29-26/h6-9,14-16,20H,10-13,17H2,1-5H3,(H,30,33)/t20-/m0/s1. The summed E-state index contributed by atoms with van der Waals surface area (Å²) < 4.78 is 31.9. The molecule has 8 nitrogen and oxygen atoms in total. The third-order valence-corrected chi connectivity index (χ3v) is 8.95. The summed E-state index contributed by atoms with van der Waals surface area (Å²) in [6.45, 7) is 5.51. The SMILES string of the molecule is Cc1ccc2c(C3(NC(=O)c4cc(OC[C@@H]5CCN5C)ccc4C)CC3)cc(N(C)S(C)(=O)=O)cc2n1. The van der Waals surface area contributed by atoms with Gasteiger partial charge in [-0.2, -0.15) is 0 Å². The smallest absolute Gasteiger partial charge is 0.252 e. The predicted molar refractivity (Wildman–Crippen MR) is 146 cm³/mol. The maximum Gasteiger partial charge on any atom is 0.252 e. The summed E-state index contributed by atoms with van der Waals surface area (Å²) in [7, 11) is 0.155. The molecule has 1 atom stereocenters. The number of likely N-dealkylation sites (tertiary alicyclic amines) is 1. The number of rotatable bonds is 8. The molecule has 1 saturated heterocycles. The number of hydrogen-bond donors (Lipinski definition) is 1. The quantitative estimate of drug-likeness (QED) is 0.485. The van der Waals surface area contributed by atoms with Gasteiger partial charge in [0.15, 0.2) is 0 Å². The van der Waals surface area contributed by atoms with Gasteiger partial charge in [0.25, 0.3) is 5.91 Å². The van der Waals surface area contributed by atoms with Crippen LogP contribution < -0.4 is 14.4 Å². The molecule has 2 fully saturated rings. The fourth-order valence-corrected chi connectivity index (χ4v) is 5.36. The van der Waals surface area contributed by atoms with Gasteiger partial charge in [-0.15, -0.1) is 0 Å². The molecule has 1 N–H and O–H groups in total. The highest BCUT2D eigenvalue weighted by Gasteiger charge is 2.47. The molecule has 2 heterocycles. The van der Waals surface area contributed by atoms with Crippen LogP contribution in [0.25, 0.3) is 10.9 Å². The van der Waals surface area contributed by atoms with Crippen LogP contribution >= 0.6 is 0 Å². The van der Waals surface area contributed by atoms with Crippen LogP contribution in [0.1, 0.15) is 46.4 Å². The van der Waals surface area contributed by atoms with Gasteiger partial charge < -0.3 is 10.1 Å². The number of nitrogens with zero attached hydrogens (tertiary/aromatic N) is 3. The maximum atomic E-state index is 13.6. The molecule has 196 valence electrons. The molecule has 2 aliphatic rings. The summed E-state index contributed by atoms with van der Waals surface area (Å²) in [5, 5.41) is 4.19. The second kappa shape index (κ2) is 9.29. The molecule has 1 aliphatic carbocycles. The second-order valence-electron chi connectivity index (χ2n) is 10.5. The molecule has 2 aromatic carbocycles. The Hall–Kier alpha value is -3.17. The van der Waals surface area contributed by atoms with Crippen LogP contribution in [0.2, 0.25) is 0 Å². The van der Waals surface area contributed by atoms with E-state index < -0.39 is 15.6 Å². The summed E-state index contributed by atoms with van der Waals surface area (Å²) in [5.74, 6) is 0.513. The van der Waals surface area contributed by atoms with E-state index in [0.29, 0.717) is 35.2 Å². The Morgan fingerprint density at radius 1 is 1.19 bits per heavy atom. The minimum Gasteiger partial charge on any atom is -0.492 e. The van der Waals surface area contributed by atoms with E-state index in [1.807, 2.05) is 50.2 Å². The lowest BCUT2D eigenvalue weighted by Gasteiger charge is -2.37. The van der Waals surface area contributed by atoms with Crippen molar-refractivity contribution in [3.63, 3.8) is 0 Å². The van der Waals surface area contributed by atoms with Crippen molar-refractivity contribution in [3.05, 3.63) is 64.8 Å². The lowest BCUT2D eigenvalue weighted by Crippen LogP contribution is -2.48. The molecule has 0 radical (unpaired) electrons. The number of aromatic nitrogens is 1. The van der Waals surface area contributed by atoms with Gasteiger partial charge in [-0.3, -0.25) is 19.0 Å². The van der Waals surface area contributed by atoms with Gasteiger partial charge in [-0.1, -0.05) is 12.1 Å². The van der Waals surface area contributed by atoms with E-state index in [0.717, 1.165) is 48.0 Å². The fourth-order valence-electron chi connectivity index (χ4n) is 4.87. The molecule has 3 aromatic rings. The van der Waals surface area contributed by atoms with Crippen LogP contribution in [0.3, 0.4) is 0 Å². The van der Waals surface area contributed by atoms with Crippen LogP contribution in [-0.4, -0.2) is 63.8 Å². The van der Waals surface area contributed by atoms with E-state index in [1.165, 1.54) is 17.6 Å². The van der Waals surface area contributed by atoms with E-state index in [9.17, 15) is 13.2 Å². The lowest BCUT2D eigenvalue weighted by molar-refractivity contribution is 0.0767. The Labute approximate surface area is 218 Å². The van der Waals surface area contributed by atoms with Gasteiger partial charge in [-0.25, -0.2) is 8.42 Å². The Bertz CT molecular complexity index is 1480. The fraction of sp³-hybridized carbons (Fsp3) is 0.429. The van der Waals surface area contributed by atoms with Gasteiger partial charge in [0, 0.05) is 29.7 Å². The Morgan fingerprint density at radius 2 is 1.95 bits per heavy atom. The third kappa shape index (κ3) is 5.02. The topological polar surface area (TPSA) is 91.8 Å². The molecule has 5 rings (SSSR count). The minimum absolute atomic E-state index is 0.170. The molecule has 0 spiro atoms. The molecule has 37 heavy (non-hydrogen) atoms. The highest BCUT2D eigenvalue weighted by molar-refractivity contribution is 7.92. The van der Waals surface area contributed by atoms with E-state index in [1.54, 1.807) is 6.07 Å². The molecule has 1 amide bonds. The summed E-state index contributed by atoms with van der Waals surface area (Å²) >= 11 is 0. The van der Waals surface area contributed by atoms with Gasteiger partial charge in [0.05, 0.1) is 23.0 Å². The van der Waals surface area contributed by atoms with Crippen molar-refractivity contribution in [1.82, 2.24) is 15.2 Å². The van der Waals surface area contributed by atoms with Crippen molar-refractivity contribution in [3.8, 4) is 5.75 Å². The van der Waals surface area contributed by atoms with Crippen molar-refractivity contribution in [2.24, 2.45) is 0 Å². The third-order valence-electron chi connectivity index (χ3n) is 7.74. The zero-order valence-electron chi connectivity index (χ0n) is 22.0. The monoisotopic (exact) mass is 522 g/mol. The molecule has 1 saturated carbocycles. The zero-order valence-corrected chi connectivity index (χ0v) is 22.9. The highest BCUT2D eigenvalue weighted by atomic mass is 32.2. The number of aryl methyl sites for hydroxylation is 2. The Balaban J connectivity index is 1.46. The number of sulfonamides is 1. The Kier molecular flexibility index (Phi) is 6.40. The van der Waals surface area contributed by atoms with Gasteiger partial charge in [0.2, 0.25) is 10.0 Å². The number of pyridine rings is 1. The molecular weight excluding hydrogens is 488 g/mol. The van der Waals surface area contributed by atoms with Gasteiger partial charge >= 0.3 is 0 Å². The van der Waals surface area contributed by atoms with Crippen molar-refractivity contribution in [1.29, 1.82) is 0 Å². The highest BCUT2D eigenvalue weighted by Crippen LogP contribution is 2.49. The first kappa shape index (κ1) is 25.5. The largest absolute Gasteiger partial charge is 0.492 e. The van der Waals surface area contributed by atoms with Crippen LogP contribution in [0.15, 0.2) is 42.5 Å². The number of carbonyl (C=O) groups excluding carboxylic acids is 1. The van der Waals surface area contributed by atoms with Crippen molar-refractivity contribution < 1.29 is 17.9 Å². The number of nitrogens with one attached hydrogen (secondary N) is 1. The van der Waals surface area contributed by atoms with Gasteiger partial charge in [-0.05, 0) is 88.2 Å². The summed E-state index contributed by atoms with van der Waals surface area (Å²) in [6.07, 6.45) is 3.82. The van der Waals surface area contributed by atoms with Crippen LogP contribution in [0, 0.1) is 13.8 Å². The number of likely N-dealkylation sites (N-methyl/N-ethyl adjacent to an activating group) is 1. The zero-order chi connectivity index (χ0) is 26.5. The number of anilines is 1. The number of fused-ring (bicyclic) bond motifs is 1. The normalized spacial score (nSPS) is 18.8. The molecular formula is C28H34N4O4S. The van der Waals surface area contributed by atoms with Crippen LogP contribution in [0.5, 0.6) is 5.75 Å². The first-order chi connectivity index (χ1) is 17.5. The van der Waals surface area contributed by atoms with Crippen LogP contribution in [0.4, 0.5) is 5.69 Å². The number of amides is 1. The molecule has 1 aliphatic heterocycles. The van der Waals surface area contributed by atoms with Gasteiger partial charge in [0.1, 0.15) is 12.4 Å². The molecule has 0 unspecified atom stereocenters. The summed E-state index contributed by atoms with van der Waals surface area (Å²) in [5.41, 5.74) is 3.81. The maximum absolute atomic E-state index is 13.6. The number of benzene rings is 2. The first-order valence-corrected chi connectivity index (χ1v) is 14.4. The van der Waals surface area contributed by atoms with E-state index in [4.69, 9.17) is 4.74 Å². The van der Waals surface area contributed by atoms with Crippen molar-refractivity contribution in [2.75, 3.05) is 37.8 Å². The molecule has 0 bridgehead atoms. The second-order valence-corrected chi connectivity index (χ2v) is 12.5. The number of hydrogen-bond acceptors (Lipinski definition) is 6. The lowest BCUT2D eigenvalue weighted by atomic mass is 9.97. The minimum atomic E-state index is -3.46.